The van der Waals surface area contributed by atoms with Gasteiger partial charge in [-0.15, -0.1) is 11.3 Å². The molecule has 0 bridgehead atoms. The summed E-state index contributed by atoms with van der Waals surface area (Å²) in [4.78, 5) is 16.5. The van der Waals surface area contributed by atoms with Gasteiger partial charge in [-0.1, -0.05) is 0 Å². The van der Waals surface area contributed by atoms with Crippen molar-refractivity contribution in [2.45, 2.75) is 20.4 Å². The van der Waals surface area contributed by atoms with Crippen molar-refractivity contribution in [1.29, 1.82) is 0 Å². The first kappa shape index (κ1) is 12.3. The molecule has 0 aromatic carbocycles. The molecule has 0 atom stereocenters. The predicted octanol–water partition coefficient (Wildman–Crippen LogP) is 3.05. The molecule has 0 unspecified atom stereocenters. The number of oxazole rings is 1. The van der Waals surface area contributed by atoms with Crippen molar-refractivity contribution in [2.24, 2.45) is 0 Å². The van der Waals surface area contributed by atoms with Crippen molar-refractivity contribution in [1.82, 2.24) is 10.3 Å². The van der Waals surface area contributed by atoms with E-state index in [1.54, 1.807) is 6.20 Å². The Morgan fingerprint density at radius 3 is 2.88 bits per heavy atom. The SMILES string of the molecule is Cc1cnc(CNC(=O)c2cc(C)c(Br)s2)o1. The number of carbonyl (C=O) groups excluding carboxylic acids is 1. The summed E-state index contributed by atoms with van der Waals surface area (Å²) in [6, 6.07) is 1.85. The third kappa shape index (κ3) is 2.95. The Labute approximate surface area is 111 Å². The molecule has 2 rings (SSSR count). The van der Waals surface area contributed by atoms with Gasteiger partial charge in [0.2, 0.25) is 5.89 Å². The van der Waals surface area contributed by atoms with Crippen molar-refractivity contribution < 1.29 is 9.21 Å². The Hall–Kier alpha value is -1.14. The molecular formula is C11H11BrN2O2S. The molecule has 1 amide bonds. The molecule has 0 saturated carbocycles. The number of rotatable bonds is 3. The van der Waals surface area contributed by atoms with Gasteiger partial charge in [0.05, 0.1) is 21.4 Å². The number of hydrogen-bond acceptors (Lipinski definition) is 4. The smallest absolute Gasteiger partial charge is 0.261 e. The van der Waals surface area contributed by atoms with Gasteiger partial charge in [0, 0.05) is 0 Å². The molecule has 0 spiro atoms. The number of hydrogen-bond donors (Lipinski definition) is 1. The molecule has 90 valence electrons. The van der Waals surface area contributed by atoms with Crippen molar-refractivity contribution in [2.75, 3.05) is 0 Å². The van der Waals surface area contributed by atoms with Gasteiger partial charge in [-0.25, -0.2) is 4.98 Å². The summed E-state index contributed by atoms with van der Waals surface area (Å²) in [5, 5.41) is 2.76. The highest BCUT2D eigenvalue weighted by atomic mass is 79.9. The highest BCUT2D eigenvalue weighted by Gasteiger charge is 2.11. The largest absolute Gasteiger partial charge is 0.444 e. The highest BCUT2D eigenvalue weighted by Crippen LogP contribution is 2.27. The van der Waals surface area contributed by atoms with Crippen LogP contribution in [0.25, 0.3) is 0 Å². The molecular weight excluding hydrogens is 304 g/mol. The van der Waals surface area contributed by atoms with Crippen LogP contribution in [0, 0.1) is 13.8 Å². The van der Waals surface area contributed by atoms with Gasteiger partial charge in [0.25, 0.3) is 5.91 Å². The molecule has 0 aliphatic rings. The Bertz CT molecular complexity index is 528. The lowest BCUT2D eigenvalue weighted by atomic mass is 10.3. The minimum atomic E-state index is -0.111. The Kier molecular flexibility index (Phi) is 3.63. The maximum absolute atomic E-state index is 11.8. The van der Waals surface area contributed by atoms with E-state index < -0.39 is 0 Å². The highest BCUT2D eigenvalue weighted by molar-refractivity contribution is 9.11. The van der Waals surface area contributed by atoms with Crippen molar-refractivity contribution in [3.05, 3.63) is 38.1 Å². The Morgan fingerprint density at radius 1 is 1.59 bits per heavy atom. The molecule has 0 radical (unpaired) electrons. The molecule has 4 nitrogen and oxygen atoms in total. The predicted molar refractivity (Wildman–Crippen MR) is 69.2 cm³/mol. The van der Waals surface area contributed by atoms with E-state index in [1.165, 1.54) is 11.3 Å². The van der Waals surface area contributed by atoms with Crippen LogP contribution < -0.4 is 5.32 Å². The maximum Gasteiger partial charge on any atom is 0.261 e. The molecule has 0 aliphatic heterocycles. The van der Waals surface area contributed by atoms with Crippen LogP contribution in [0.15, 0.2) is 20.5 Å². The van der Waals surface area contributed by atoms with Crippen LogP contribution >= 0.6 is 27.3 Å². The monoisotopic (exact) mass is 314 g/mol. The summed E-state index contributed by atoms with van der Waals surface area (Å²) in [5.74, 6) is 1.15. The number of carbonyl (C=O) groups is 1. The summed E-state index contributed by atoms with van der Waals surface area (Å²) in [7, 11) is 0. The third-order valence-electron chi connectivity index (χ3n) is 2.15. The standard InChI is InChI=1S/C11H11BrN2O2S/c1-6-3-8(17-10(6)12)11(15)14-5-9-13-4-7(2)16-9/h3-4H,5H2,1-2H3,(H,14,15). The minimum absolute atomic E-state index is 0.111. The number of thiophene rings is 1. The first-order valence-corrected chi connectivity index (χ1v) is 6.62. The fraction of sp³-hybridized carbons (Fsp3) is 0.273. The molecule has 17 heavy (non-hydrogen) atoms. The fourth-order valence-electron chi connectivity index (χ4n) is 1.30. The van der Waals surface area contributed by atoms with E-state index in [0.717, 1.165) is 15.1 Å². The lowest BCUT2D eigenvalue weighted by Gasteiger charge is -1.99. The molecule has 0 saturated heterocycles. The Balaban J connectivity index is 1.98. The van der Waals surface area contributed by atoms with Gasteiger partial charge in [-0.3, -0.25) is 4.79 Å². The summed E-state index contributed by atoms with van der Waals surface area (Å²) >= 11 is 4.81. The average molecular weight is 315 g/mol. The van der Waals surface area contributed by atoms with E-state index in [2.05, 4.69) is 26.2 Å². The van der Waals surface area contributed by atoms with E-state index in [9.17, 15) is 4.79 Å². The van der Waals surface area contributed by atoms with Gasteiger partial charge in [0.15, 0.2) is 0 Å². The topological polar surface area (TPSA) is 55.1 Å². The van der Waals surface area contributed by atoms with Crippen molar-refractivity contribution in [3.63, 3.8) is 0 Å². The van der Waals surface area contributed by atoms with Crippen molar-refractivity contribution in [3.8, 4) is 0 Å². The van der Waals surface area contributed by atoms with Crippen LogP contribution in [0.5, 0.6) is 0 Å². The van der Waals surface area contributed by atoms with Gasteiger partial charge in [0.1, 0.15) is 5.76 Å². The van der Waals surface area contributed by atoms with Crippen LogP contribution in [0.3, 0.4) is 0 Å². The van der Waals surface area contributed by atoms with E-state index >= 15 is 0 Å². The summed E-state index contributed by atoms with van der Waals surface area (Å²) in [6.07, 6.45) is 1.63. The molecule has 1 N–H and O–H groups in total. The molecule has 2 aromatic heterocycles. The zero-order valence-corrected chi connectivity index (χ0v) is 11.8. The average Bonchev–Trinajstić information content (AvgIpc) is 2.83. The van der Waals surface area contributed by atoms with Crippen molar-refractivity contribution >= 4 is 33.2 Å². The second kappa shape index (κ2) is 5.01. The first-order chi connectivity index (χ1) is 8.06. The van der Waals surface area contributed by atoms with Crippen LogP contribution in [0.2, 0.25) is 0 Å². The molecule has 0 aliphatic carbocycles. The zero-order valence-electron chi connectivity index (χ0n) is 9.41. The van der Waals surface area contributed by atoms with Crippen LogP contribution in [0.4, 0.5) is 0 Å². The maximum atomic E-state index is 11.8. The number of aryl methyl sites for hydroxylation is 2. The normalized spacial score (nSPS) is 10.5. The molecule has 2 heterocycles. The zero-order chi connectivity index (χ0) is 12.4. The summed E-state index contributed by atoms with van der Waals surface area (Å²) < 4.78 is 6.25. The summed E-state index contributed by atoms with van der Waals surface area (Å²) in [5.41, 5.74) is 1.06. The van der Waals surface area contributed by atoms with E-state index in [1.807, 2.05) is 19.9 Å². The van der Waals surface area contributed by atoms with Gasteiger partial charge >= 0.3 is 0 Å². The van der Waals surface area contributed by atoms with Crippen LogP contribution in [-0.4, -0.2) is 10.9 Å². The first-order valence-electron chi connectivity index (χ1n) is 5.01. The third-order valence-corrected chi connectivity index (χ3v) is 4.29. The Morgan fingerprint density at radius 2 is 2.35 bits per heavy atom. The lowest BCUT2D eigenvalue weighted by Crippen LogP contribution is -2.21. The number of aromatic nitrogens is 1. The van der Waals surface area contributed by atoms with Crippen LogP contribution in [-0.2, 0) is 6.54 Å². The van der Waals surface area contributed by atoms with Gasteiger partial charge < -0.3 is 9.73 Å². The minimum Gasteiger partial charge on any atom is -0.444 e. The van der Waals surface area contributed by atoms with Crippen LogP contribution in [0.1, 0.15) is 26.9 Å². The molecule has 6 heteroatoms. The lowest BCUT2D eigenvalue weighted by molar-refractivity contribution is 0.0951. The molecule has 2 aromatic rings. The number of amides is 1. The number of nitrogens with one attached hydrogen (secondary N) is 1. The fourth-order valence-corrected chi connectivity index (χ4v) is 2.75. The molecule has 0 fully saturated rings. The number of nitrogens with zero attached hydrogens (tertiary/aromatic N) is 1. The van der Waals surface area contributed by atoms with Gasteiger partial charge in [-0.2, -0.15) is 0 Å². The number of halogens is 1. The van der Waals surface area contributed by atoms with Gasteiger partial charge in [-0.05, 0) is 41.4 Å². The quantitative estimate of drug-likeness (QED) is 0.947. The second-order valence-electron chi connectivity index (χ2n) is 3.61. The van der Waals surface area contributed by atoms with E-state index in [-0.39, 0.29) is 5.91 Å². The van der Waals surface area contributed by atoms with E-state index in [0.29, 0.717) is 17.3 Å². The summed E-state index contributed by atoms with van der Waals surface area (Å²) in [6.45, 7) is 4.08. The van der Waals surface area contributed by atoms with E-state index in [4.69, 9.17) is 4.42 Å². The second-order valence-corrected chi connectivity index (χ2v) is 5.98.